The lowest BCUT2D eigenvalue weighted by molar-refractivity contribution is -0.134. The second kappa shape index (κ2) is 9.16. The van der Waals surface area contributed by atoms with E-state index < -0.39 is 0 Å². The van der Waals surface area contributed by atoms with Gasteiger partial charge in [-0.15, -0.1) is 12.4 Å². The van der Waals surface area contributed by atoms with Crippen LogP contribution in [0.15, 0.2) is 35.1 Å². The van der Waals surface area contributed by atoms with Gasteiger partial charge in [0.05, 0.1) is 20.8 Å². The number of carbonyl (C=O) groups excluding carboxylic acids is 1. The van der Waals surface area contributed by atoms with E-state index in [0.29, 0.717) is 30.7 Å². The number of fused-ring (bicyclic) bond motifs is 5. The second-order valence-electron chi connectivity index (χ2n) is 8.93. The average molecular weight is 460 g/mol. The molecule has 0 saturated carbocycles. The summed E-state index contributed by atoms with van der Waals surface area (Å²) in [5.74, 6) is 2.37. The first-order chi connectivity index (χ1) is 15.1. The number of benzene rings is 1. The summed E-state index contributed by atoms with van der Waals surface area (Å²) in [5, 5.41) is 0. The van der Waals surface area contributed by atoms with Crippen LogP contribution in [0.25, 0.3) is 0 Å². The van der Waals surface area contributed by atoms with Gasteiger partial charge in [0, 0.05) is 50.4 Å². The highest BCUT2D eigenvalue weighted by molar-refractivity contribution is 5.85. The molecule has 4 heterocycles. The lowest BCUT2D eigenvalue weighted by atomic mass is 9.83. The van der Waals surface area contributed by atoms with Gasteiger partial charge in [-0.25, -0.2) is 0 Å². The molecule has 1 aromatic carbocycles. The van der Waals surface area contributed by atoms with E-state index in [1.54, 1.807) is 20.3 Å². The molecule has 7 nitrogen and oxygen atoms in total. The van der Waals surface area contributed by atoms with Crippen molar-refractivity contribution >= 4 is 18.3 Å². The van der Waals surface area contributed by atoms with Crippen molar-refractivity contribution in [3.05, 3.63) is 57.5 Å². The number of methoxy groups -OCH3 is 2. The van der Waals surface area contributed by atoms with Gasteiger partial charge in [0.2, 0.25) is 5.91 Å². The summed E-state index contributed by atoms with van der Waals surface area (Å²) in [4.78, 5) is 29.6. The number of amides is 1. The van der Waals surface area contributed by atoms with Crippen LogP contribution in [0.1, 0.15) is 29.2 Å². The van der Waals surface area contributed by atoms with Gasteiger partial charge in [0.25, 0.3) is 5.56 Å². The first kappa shape index (κ1) is 22.7. The SMILES string of the molecule is COc1cc2c(cc1OC)CN(C(=O)CN1CC3CC(C1)c1cccc(=O)n1C3)CC2.Cl. The number of ether oxygens (including phenoxy) is 2. The lowest BCUT2D eigenvalue weighted by Crippen LogP contribution is -2.50. The zero-order chi connectivity index (χ0) is 21.5. The van der Waals surface area contributed by atoms with Crippen molar-refractivity contribution in [3.63, 3.8) is 0 Å². The number of aromatic nitrogens is 1. The van der Waals surface area contributed by atoms with Crippen LogP contribution in [-0.4, -0.2) is 60.7 Å². The summed E-state index contributed by atoms with van der Waals surface area (Å²) in [6, 6.07) is 9.59. The Labute approximate surface area is 194 Å². The number of likely N-dealkylation sites (tertiary alicyclic amines) is 1. The third-order valence-corrected chi connectivity index (χ3v) is 6.98. The highest BCUT2D eigenvalue weighted by Gasteiger charge is 2.35. The summed E-state index contributed by atoms with van der Waals surface area (Å²) >= 11 is 0. The molecule has 172 valence electrons. The minimum atomic E-state index is 0. The first-order valence-electron chi connectivity index (χ1n) is 11.0. The molecule has 3 aliphatic rings. The van der Waals surface area contributed by atoms with Crippen LogP contribution in [0.3, 0.4) is 0 Å². The maximum atomic E-state index is 13.1. The van der Waals surface area contributed by atoms with Crippen molar-refractivity contribution in [1.82, 2.24) is 14.4 Å². The van der Waals surface area contributed by atoms with E-state index in [-0.39, 0.29) is 23.9 Å². The number of rotatable bonds is 4. The molecule has 0 radical (unpaired) electrons. The summed E-state index contributed by atoms with van der Waals surface area (Å²) in [6.07, 6.45) is 1.93. The maximum Gasteiger partial charge on any atom is 0.250 e. The van der Waals surface area contributed by atoms with Crippen molar-refractivity contribution in [2.75, 3.05) is 40.4 Å². The zero-order valence-electron chi connectivity index (χ0n) is 18.6. The Morgan fingerprint density at radius 3 is 2.56 bits per heavy atom. The summed E-state index contributed by atoms with van der Waals surface area (Å²) in [5.41, 5.74) is 3.56. The Morgan fingerprint density at radius 1 is 1.06 bits per heavy atom. The summed E-state index contributed by atoms with van der Waals surface area (Å²) in [6.45, 7) is 4.23. The van der Waals surface area contributed by atoms with Gasteiger partial charge in [0.15, 0.2) is 11.5 Å². The molecule has 1 amide bonds. The molecule has 5 rings (SSSR count). The second-order valence-corrected chi connectivity index (χ2v) is 8.93. The molecule has 1 saturated heterocycles. The molecule has 2 unspecified atom stereocenters. The number of nitrogens with zero attached hydrogens (tertiary/aromatic N) is 3. The van der Waals surface area contributed by atoms with Gasteiger partial charge in [-0.05, 0) is 48.1 Å². The molecule has 1 aromatic heterocycles. The highest BCUT2D eigenvalue weighted by atomic mass is 35.5. The van der Waals surface area contributed by atoms with Gasteiger partial charge >= 0.3 is 0 Å². The van der Waals surface area contributed by atoms with Gasteiger partial charge in [-0.2, -0.15) is 0 Å². The predicted molar refractivity (Wildman–Crippen MR) is 124 cm³/mol. The largest absolute Gasteiger partial charge is 0.493 e. The summed E-state index contributed by atoms with van der Waals surface area (Å²) in [7, 11) is 3.28. The van der Waals surface area contributed by atoms with Gasteiger partial charge in [-0.3, -0.25) is 14.5 Å². The minimum Gasteiger partial charge on any atom is -0.493 e. The first-order valence-corrected chi connectivity index (χ1v) is 11.0. The summed E-state index contributed by atoms with van der Waals surface area (Å²) < 4.78 is 12.8. The smallest absolute Gasteiger partial charge is 0.250 e. The number of pyridine rings is 1. The van der Waals surface area contributed by atoms with E-state index >= 15 is 0 Å². The van der Waals surface area contributed by atoms with E-state index in [1.165, 1.54) is 5.56 Å². The minimum absolute atomic E-state index is 0. The predicted octanol–water partition coefficient (Wildman–Crippen LogP) is 2.29. The molecule has 2 atom stereocenters. The normalized spacial score (nSPS) is 21.8. The van der Waals surface area contributed by atoms with Crippen LogP contribution in [0.2, 0.25) is 0 Å². The fourth-order valence-electron chi connectivity index (χ4n) is 5.51. The Morgan fingerprint density at radius 2 is 1.81 bits per heavy atom. The van der Waals surface area contributed by atoms with Crippen LogP contribution in [-0.2, 0) is 24.3 Å². The molecule has 32 heavy (non-hydrogen) atoms. The van der Waals surface area contributed by atoms with E-state index in [4.69, 9.17) is 9.47 Å². The van der Waals surface area contributed by atoms with Crippen molar-refractivity contribution in [3.8, 4) is 11.5 Å². The molecular formula is C24H30ClN3O4. The van der Waals surface area contributed by atoms with Crippen molar-refractivity contribution in [2.24, 2.45) is 5.92 Å². The number of hydrogen-bond donors (Lipinski definition) is 0. The monoisotopic (exact) mass is 459 g/mol. The van der Waals surface area contributed by atoms with Crippen LogP contribution < -0.4 is 15.0 Å². The van der Waals surface area contributed by atoms with Gasteiger partial charge < -0.3 is 18.9 Å². The molecule has 2 bridgehead atoms. The molecule has 0 N–H and O–H groups in total. The van der Waals surface area contributed by atoms with Crippen LogP contribution in [0.4, 0.5) is 0 Å². The number of carbonyl (C=O) groups is 1. The molecular weight excluding hydrogens is 430 g/mol. The number of piperidine rings is 1. The van der Waals surface area contributed by atoms with Gasteiger partial charge in [-0.1, -0.05) is 6.07 Å². The van der Waals surface area contributed by atoms with Crippen molar-refractivity contribution < 1.29 is 14.3 Å². The average Bonchev–Trinajstić information content (AvgIpc) is 2.78. The van der Waals surface area contributed by atoms with E-state index in [9.17, 15) is 9.59 Å². The molecule has 3 aliphatic heterocycles. The number of hydrogen-bond acceptors (Lipinski definition) is 5. The fourth-order valence-corrected chi connectivity index (χ4v) is 5.51. The van der Waals surface area contributed by atoms with Crippen molar-refractivity contribution in [1.29, 1.82) is 0 Å². The quantitative estimate of drug-likeness (QED) is 0.702. The van der Waals surface area contributed by atoms with Crippen LogP contribution >= 0.6 is 12.4 Å². The highest BCUT2D eigenvalue weighted by Crippen LogP contribution is 2.36. The van der Waals surface area contributed by atoms with E-state index in [2.05, 4.69) is 11.0 Å². The molecule has 2 aromatic rings. The van der Waals surface area contributed by atoms with Crippen LogP contribution in [0.5, 0.6) is 11.5 Å². The Hall–Kier alpha value is -2.51. The Bertz CT molecular complexity index is 1070. The topological polar surface area (TPSA) is 64.0 Å². The Kier molecular flexibility index (Phi) is 6.49. The zero-order valence-corrected chi connectivity index (χ0v) is 19.4. The number of halogens is 1. The van der Waals surface area contributed by atoms with Crippen LogP contribution in [0, 0.1) is 5.92 Å². The van der Waals surface area contributed by atoms with Gasteiger partial charge in [0.1, 0.15) is 0 Å². The standard InChI is InChI=1S/C24H29N3O4.ClH/c1-30-21-9-17-6-7-26(14-18(17)10-22(21)31-2)24(29)15-25-11-16-8-19(13-25)20-4-3-5-23(28)27(20)12-16;/h3-5,9-10,16,19H,6-8,11-15H2,1-2H3;1H. The maximum absolute atomic E-state index is 13.1. The molecule has 0 aliphatic carbocycles. The molecule has 1 fully saturated rings. The molecule has 0 spiro atoms. The van der Waals surface area contributed by atoms with E-state index in [1.807, 2.05) is 27.7 Å². The third-order valence-electron chi connectivity index (χ3n) is 6.98. The van der Waals surface area contributed by atoms with E-state index in [0.717, 1.165) is 56.0 Å². The third kappa shape index (κ3) is 4.11. The Balaban J connectivity index is 0.00000245. The van der Waals surface area contributed by atoms with Crippen molar-refractivity contribution in [2.45, 2.75) is 31.8 Å². The lowest BCUT2D eigenvalue weighted by Gasteiger charge is -2.43. The molecule has 8 heteroatoms. The fraction of sp³-hybridized carbons (Fsp3) is 0.500.